The molecule has 2 aromatic carbocycles. The van der Waals surface area contributed by atoms with E-state index in [2.05, 4.69) is 10.3 Å². The monoisotopic (exact) mass is 500 g/mol. The molecule has 14 nitrogen and oxygen atoms in total. The number of non-ortho nitro benzene ring substituents is 2. The summed E-state index contributed by atoms with van der Waals surface area (Å²) in [6.45, 7) is 1.19. The number of benzene rings is 2. The van der Waals surface area contributed by atoms with Gasteiger partial charge in [0.1, 0.15) is 13.2 Å². The Bertz CT molecular complexity index is 1130. The maximum absolute atomic E-state index is 12.8. The third-order valence-corrected chi connectivity index (χ3v) is 5.32. The van der Waals surface area contributed by atoms with Crippen LogP contribution in [0.15, 0.2) is 53.5 Å². The fourth-order valence-electron chi connectivity index (χ4n) is 3.37. The zero-order valence-electron chi connectivity index (χ0n) is 19.1. The second-order valence-electron chi connectivity index (χ2n) is 7.90. The number of nitrogens with two attached hydrogens (primary N) is 1. The number of ether oxygens (including phenoxy) is 2. The molecule has 36 heavy (non-hydrogen) atoms. The van der Waals surface area contributed by atoms with Crippen LogP contribution in [0.3, 0.4) is 0 Å². The Balaban J connectivity index is 1.62. The molecule has 3 rings (SSSR count). The molecule has 2 aromatic rings. The largest absolute Gasteiger partial charge is 0.444 e. The normalized spacial score (nSPS) is 15.2. The van der Waals surface area contributed by atoms with E-state index in [1.807, 2.05) is 0 Å². The van der Waals surface area contributed by atoms with Gasteiger partial charge in [0.25, 0.3) is 11.4 Å². The molecule has 1 aliphatic rings. The maximum atomic E-state index is 12.8. The SMILES string of the molecule is NC(=NC(=O)OCc1ccc([N+](=O)[O-])cc1)N(C[C@H]1CCNC1)C(=O)OCc1ccc([N+](=O)[O-])cc1. The Hall–Kier alpha value is -4.59. The Morgan fingerprint density at radius 3 is 1.97 bits per heavy atom. The van der Waals surface area contributed by atoms with Crippen LogP contribution in [0, 0.1) is 26.1 Å². The van der Waals surface area contributed by atoms with E-state index in [1.54, 1.807) is 0 Å². The molecule has 0 radical (unpaired) electrons. The second kappa shape index (κ2) is 12.2. The number of carbonyl (C=O) groups excluding carboxylic acids is 2. The van der Waals surface area contributed by atoms with Gasteiger partial charge in [-0.2, -0.15) is 0 Å². The summed E-state index contributed by atoms with van der Waals surface area (Å²) in [5, 5.41) is 24.7. The number of rotatable bonds is 8. The summed E-state index contributed by atoms with van der Waals surface area (Å²) in [6.07, 6.45) is -1.11. The highest BCUT2D eigenvalue weighted by atomic mass is 16.6. The quantitative estimate of drug-likeness (QED) is 0.235. The first-order valence-corrected chi connectivity index (χ1v) is 10.9. The van der Waals surface area contributed by atoms with Crippen molar-refractivity contribution in [2.75, 3.05) is 19.6 Å². The van der Waals surface area contributed by atoms with E-state index in [4.69, 9.17) is 15.2 Å². The molecule has 0 aromatic heterocycles. The molecule has 3 N–H and O–H groups in total. The predicted octanol–water partition coefficient (Wildman–Crippen LogP) is 2.70. The number of hydrogen-bond donors (Lipinski definition) is 2. The van der Waals surface area contributed by atoms with Gasteiger partial charge in [-0.1, -0.05) is 0 Å². The van der Waals surface area contributed by atoms with Crippen LogP contribution < -0.4 is 11.1 Å². The smallest absolute Gasteiger partial charge is 0.437 e. The van der Waals surface area contributed by atoms with Gasteiger partial charge < -0.3 is 20.5 Å². The molecule has 14 heteroatoms. The lowest BCUT2D eigenvalue weighted by Gasteiger charge is -2.23. The molecule has 190 valence electrons. The Labute approximate surface area is 205 Å². The van der Waals surface area contributed by atoms with E-state index >= 15 is 0 Å². The maximum Gasteiger partial charge on any atom is 0.437 e. The molecule has 0 unspecified atom stereocenters. The third kappa shape index (κ3) is 7.46. The first-order chi connectivity index (χ1) is 17.2. The molecule has 1 aliphatic heterocycles. The third-order valence-electron chi connectivity index (χ3n) is 5.32. The summed E-state index contributed by atoms with van der Waals surface area (Å²) in [5.74, 6) is -0.355. The van der Waals surface area contributed by atoms with Crippen LogP contribution in [0.4, 0.5) is 21.0 Å². The summed E-state index contributed by atoms with van der Waals surface area (Å²) in [7, 11) is 0. The summed E-state index contributed by atoms with van der Waals surface area (Å²) >= 11 is 0. The topological polar surface area (TPSA) is 193 Å². The highest BCUT2D eigenvalue weighted by Gasteiger charge is 2.26. The molecule has 1 fully saturated rings. The molecule has 2 amide bonds. The van der Waals surface area contributed by atoms with Crippen molar-refractivity contribution >= 4 is 29.5 Å². The first kappa shape index (κ1) is 26.0. The zero-order valence-corrected chi connectivity index (χ0v) is 19.1. The molecule has 1 atom stereocenters. The van der Waals surface area contributed by atoms with Crippen LogP contribution >= 0.6 is 0 Å². The van der Waals surface area contributed by atoms with Crippen molar-refractivity contribution in [2.45, 2.75) is 19.6 Å². The standard InChI is InChI=1S/C22H24N6O8/c23-20(25-21(29)35-13-15-1-5-18(6-2-15)27(31)32)26(12-17-9-10-24-11-17)22(30)36-14-16-3-7-19(8-4-16)28(33)34/h1-8,17,24H,9-14H2,(H2,23,25,29)/t17-/m0/s1. The molecule has 0 bridgehead atoms. The molecule has 0 aliphatic carbocycles. The van der Waals surface area contributed by atoms with E-state index < -0.39 is 28.0 Å². The highest BCUT2D eigenvalue weighted by Crippen LogP contribution is 2.15. The van der Waals surface area contributed by atoms with Crippen molar-refractivity contribution in [3.05, 3.63) is 79.9 Å². The van der Waals surface area contributed by atoms with Gasteiger partial charge in [-0.3, -0.25) is 20.2 Å². The number of amides is 2. The number of hydrogen-bond acceptors (Lipinski definition) is 9. The van der Waals surface area contributed by atoms with Crippen LogP contribution in [-0.4, -0.2) is 52.5 Å². The van der Waals surface area contributed by atoms with Crippen LogP contribution in [0.5, 0.6) is 0 Å². The average molecular weight is 500 g/mol. The van der Waals surface area contributed by atoms with E-state index in [0.29, 0.717) is 17.7 Å². The highest BCUT2D eigenvalue weighted by molar-refractivity contribution is 5.98. The van der Waals surface area contributed by atoms with E-state index in [9.17, 15) is 29.8 Å². The summed E-state index contributed by atoms with van der Waals surface area (Å²) < 4.78 is 10.3. The van der Waals surface area contributed by atoms with Gasteiger partial charge in [-0.25, -0.2) is 14.5 Å². The molecular weight excluding hydrogens is 476 g/mol. The minimum absolute atomic E-state index is 0.0572. The van der Waals surface area contributed by atoms with Gasteiger partial charge in [0.05, 0.1) is 9.85 Å². The van der Waals surface area contributed by atoms with Crippen molar-refractivity contribution < 1.29 is 28.9 Å². The van der Waals surface area contributed by atoms with E-state index in [-0.39, 0.29) is 37.1 Å². The number of nitro groups is 2. The summed E-state index contributed by atoms with van der Waals surface area (Å²) in [5.41, 5.74) is 6.77. The van der Waals surface area contributed by atoms with Crippen LogP contribution in [0.2, 0.25) is 0 Å². The number of nitrogens with zero attached hydrogens (tertiary/aromatic N) is 4. The molecule has 1 heterocycles. The zero-order chi connectivity index (χ0) is 26.1. The Kier molecular flexibility index (Phi) is 8.83. The number of carbonyl (C=O) groups is 2. The predicted molar refractivity (Wildman–Crippen MR) is 126 cm³/mol. The van der Waals surface area contributed by atoms with Crippen LogP contribution in [0.1, 0.15) is 17.5 Å². The van der Waals surface area contributed by atoms with Crippen molar-refractivity contribution in [1.29, 1.82) is 0 Å². The van der Waals surface area contributed by atoms with Gasteiger partial charge in [0.15, 0.2) is 0 Å². The van der Waals surface area contributed by atoms with Crippen molar-refractivity contribution in [3.8, 4) is 0 Å². The minimum Gasteiger partial charge on any atom is -0.444 e. The number of nitro benzene ring substituents is 2. The lowest BCUT2D eigenvalue weighted by Crippen LogP contribution is -2.45. The van der Waals surface area contributed by atoms with Crippen LogP contribution in [0.25, 0.3) is 0 Å². The van der Waals surface area contributed by atoms with Gasteiger partial charge in [0, 0.05) is 30.8 Å². The fourth-order valence-corrected chi connectivity index (χ4v) is 3.37. The first-order valence-electron chi connectivity index (χ1n) is 10.9. The Morgan fingerprint density at radius 1 is 0.972 bits per heavy atom. The van der Waals surface area contributed by atoms with Gasteiger partial charge in [0.2, 0.25) is 5.96 Å². The number of nitrogens with one attached hydrogen (secondary N) is 1. The number of guanidine groups is 1. The summed E-state index contributed by atoms with van der Waals surface area (Å²) in [6, 6.07) is 10.9. The van der Waals surface area contributed by atoms with Crippen molar-refractivity contribution in [1.82, 2.24) is 10.2 Å². The van der Waals surface area contributed by atoms with E-state index in [1.165, 1.54) is 48.5 Å². The molecular formula is C22H24N6O8. The molecule has 0 saturated carbocycles. The molecule has 1 saturated heterocycles. The van der Waals surface area contributed by atoms with Crippen LogP contribution in [-0.2, 0) is 22.7 Å². The van der Waals surface area contributed by atoms with Crippen molar-refractivity contribution in [3.63, 3.8) is 0 Å². The van der Waals surface area contributed by atoms with Gasteiger partial charge in [-0.15, -0.1) is 4.99 Å². The number of aliphatic imine (C=N–C) groups is 1. The van der Waals surface area contributed by atoms with Crippen molar-refractivity contribution in [2.24, 2.45) is 16.6 Å². The minimum atomic E-state index is -1.05. The lowest BCUT2D eigenvalue weighted by atomic mass is 10.1. The van der Waals surface area contributed by atoms with Gasteiger partial charge >= 0.3 is 12.2 Å². The summed E-state index contributed by atoms with van der Waals surface area (Å²) in [4.78, 5) is 50.1. The van der Waals surface area contributed by atoms with E-state index in [0.717, 1.165) is 17.9 Å². The second-order valence-corrected chi connectivity index (χ2v) is 7.90. The Morgan fingerprint density at radius 2 is 1.50 bits per heavy atom. The van der Waals surface area contributed by atoms with Gasteiger partial charge in [-0.05, 0) is 60.8 Å². The fraction of sp³-hybridized carbons (Fsp3) is 0.318. The molecule has 0 spiro atoms. The lowest BCUT2D eigenvalue weighted by molar-refractivity contribution is -0.385. The average Bonchev–Trinajstić information content (AvgIpc) is 3.38.